The zero-order chi connectivity index (χ0) is 11.1. The van der Waals surface area contributed by atoms with Gasteiger partial charge in [-0.25, -0.2) is 13.1 Å². The van der Waals surface area contributed by atoms with Crippen molar-refractivity contribution in [3.8, 4) is 0 Å². The standard InChI is InChI=1S/C9H18BrNO3S/c10-4-7-14-6-1-5-11-15(12,13)8-9-2-3-9/h9,11H,1-8H2. The average molecular weight is 300 g/mol. The van der Waals surface area contributed by atoms with Crippen LogP contribution >= 0.6 is 15.9 Å². The third-order valence-corrected chi connectivity index (χ3v) is 4.04. The molecule has 1 aliphatic rings. The van der Waals surface area contributed by atoms with Crippen LogP contribution in [0.15, 0.2) is 0 Å². The molecule has 6 heteroatoms. The van der Waals surface area contributed by atoms with Gasteiger partial charge in [-0.05, 0) is 25.2 Å². The summed E-state index contributed by atoms with van der Waals surface area (Å²) in [6.07, 6.45) is 2.86. The Morgan fingerprint density at radius 2 is 2.07 bits per heavy atom. The van der Waals surface area contributed by atoms with Crippen LogP contribution in [-0.2, 0) is 14.8 Å². The smallest absolute Gasteiger partial charge is 0.211 e. The molecule has 0 saturated heterocycles. The number of ether oxygens (including phenoxy) is 1. The summed E-state index contributed by atoms with van der Waals surface area (Å²) >= 11 is 3.25. The molecule has 4 nitrogen and oxygen atoms in total. The minimum atomic E-state index is -3.03. The van der Waals surface area contributed by atoms with E-state index in [0.717, 1.165) is 24.6 Å². The highest BCUT2D eigenvalue weighted by Crippen LogP contribution is 2.29. The second-order valence-corrected chi connectivity index (χ2v) is 6.42. The average Bonchev–Trinajstić information content (AvgIpc) is 2.94. The van der Waals surface area contributed by atoms with E-state index in [1.165, 1.54) is 0 Å². The van der Waals surface area contributed by atoms with Gasteiger partial charge in [0.1, 0.15) is 0 Å². The van der Waals surface area contributed by atoms with Gasteiger partial charge in [-0.2, -0.15) is 0 Å². The molecule has 1 aliphatic carbocycles. The lowest BCUT2D eigenvalue weighted by Crippen LogP contribution is -2.28. The summed E-state index contributed by atoms with van der Waals surface area (Å²) in [4.78, 5) is 0. The predicted octanol–water partition coefficient (Wildman–Crippen LogP) is 1.12. The third kappa shape index (κ3) is 7.27. The highest BCUT2D eigenvalue weighted by atomic mass is 79.9. The lowest BCUT2D eigenvalue weighted by atomic mass is 10.5. The normalized spacial score (nSPS) is 16.9. The molecular weight excluding hydrogens is 282 g/mol. The molecular formula is C9H18BrNO3S. The highest BCUT2D eigenvalue weighted by Gasteiger charge is 2.27. The van der Waals surface area contributed by atoms with Crippen LogP contribution in [0, 0.1) is 5.92 Å². The van der Waals surface area contributed by atoms with Crippen LogP contribution in [0.4, 0.5) is 0 Å². The minimum absolute atomic E-state index is 0.301. The molecule has 0 atom stereocenters. The van der Waals surface area contributed by atoms with E-state index in [0.29, 0.717) is 31.4 Å². The number of alkyl halides is 1. The molecule has 1 saturated carbocycles. The van der Waals surface area contributed by atoms with E-state index in [4.69, 9.17) is 4.74 Å². The Kier molecular flexibility index (Phi) is 6.11. The predicted molar refractivity (Wildman–Crippen MR) is 63.7 cm³/mol. The maximum absolute atomic E-state index is 11.4. The van der Waals surface area contributed by atoms with Crippen molar-refractivity contribution in [3.05, 3.63) is 0 Å². The SMILES string of the molecule is O=S(=O)(CC1CC1)NCCCOCCBr. The van der Waals surface area contributed by atoms with Crippen LogP contribution in [0.2, 0.25) is 0 Å². The molecule has 0 aromatic carbocycles. The lowest BCUT2D eigenvalue weighted by Gasteiger charge is -2.05. The Bertz CT molecular complexity index is 265. The van der Waals surface area contributed by atoms with E-state index >= 15 is 0 Å². The number of hydrogen-bond donors (Lipinski definition) is 1. The first-order valence-electron chi connectivity index (χ1n) is 5.25. The summed E-state index contributed by atoms with van der Waals surface area (Å²) in [6.45, 7) is 1.77. The molecule has 0 aromatic rings. The van der Waals surface area contributed by atoms with Gasteiger partial charge in [0.15, 0.2) is 0 Å². The molecule has 1 rings (SSSR count). The van der Waals surface area contributed by atoms with Crippen LogP contribution in [0.3, 0.4) is 0 Å². The van der Waals surface area contributed by atoms with Crippen molar-refractivity contribution >= 4 is 26.0 Å². The molecule has 15 heavy (non-hydrogen) atoms. The Hall–Kier alpha value is 0.350. The van der Waals surface area contributed by atoms with Gasteiger partial charge in [0.05, 0.1) is 12.4 Å². The van der Waals surface area contributed by atoms with Crippen molar-refractivity contribution in [1.82, 2.24) is 4.72 Å². The second-order valence-electron chi connectivity index (χ2n) is 3.77. The Balaban J connectivity index is 1.98. The van der Waals surface area contributed by atoms with E-state index in [-0.39, 0.29) is 0 Å². The first-order chi connectivity index (χ1) is 7.14. The van der Waals surface area contributed by atoms with Crippen LogP contribution in [0.1, 0.15) is 19.3 Å². The van der Waals surface area contributed by atoms with Crippen LogP contribution in [0.5, 0.6) is 0 Å². The second kappa shape index (κ2) is 6.83. The number of halogens is 1. The lowest BCUT2D eigenvalue weighted by molar-refractivity contribution is 0.149. The molecule has 1 fully saturated rings. The topological polar surface area (TPSA) is 55.4 Å². The summed E-state index contributed by atoms with van der Waals surface area (Å²) in [7, 11) is -3.03. The van der Waals surface area contributed by atoms with Crippen molar-refractivity contribution in [1.29, 1.82) is 0 Å². The molecule has 0 amide bonds. The van der Waals surface area contributed by atoms with Gasteiger partial charge in [-0.1, -0.05) is 15.9 Å². The maximum Gasteiger partial charge on any atom is 0.211 e. The van der Waals surface area contributed by atoms with Gasteiger partial charge >= 0.3 is 0 Å². The molecule has 1 N–H and O–H groups in total. The fourth-order valence-electron chi connectivity index (χ4n) is 1.21. The quantitative estimate of drug-likeness (QED) is 0.513. The summed E-state index contributed by atoms with van der Waals surface area (Å²) in [6, 6.07) is 0. The molecule has 90 valence electrons. The Morgan fingerprint density at radius 1 is 1.33 bits per heavy atom. The van der Waals surface area contributed by atoms with Gasteiger partial charge in [-0.3, -0.25) is 0 Å². The van der Waals surface area contributed by atoms with Crippen molar-refractivity contribution < 1.29 is 13.2 Å². The van der Waals surface area contributed by atoms with Crippen molar-refractivity contribution in [2.24, 2.45) is 5.92 Å². The molecule has 0 spiro atoms. The Morgan fingerprint density at radius 3 is 2.67 bits per heavy atom. The van der Waals surface area contributed by atoms with Gasteiger partial charge in [0.25, 0.3) is 0 Å². The number of hydrogen-bond acceptors (Lipinski definition) is 3. The number of nitrogens with one attached hydrogen (secondary N) is 1. The van der Waals surface area contributed by atoms with Crippen molar-refractivity contribution in [2.75, 3.05) is 30.8 Å². The summed E-state index contributed by atoms with van der Waals surface area (Å²) in [5, 5.41) is 0.820. The molecule has 0 aromatic heterocycles. The van der Waals surface area contributed by atoms with Gasteiger partial charge in [-0.15, -0.1) is 0 Å². The molecule has 0 heterocycles. The van der Waals surface area contributed by atoms with E-state index < -0.39 is 10.0 Å². The molecule has 0 unspecified atom stereocenters. The first kappa shape index (κ1) is 13.4. The van der Waals surface area contributed by atoms with Crippen LogP contribution in [-0.4, -0.2) is 39.3 Å². The zero-order valence-corrected chi connectivity index (χ0v) is 11.1. The first-order valence-corrected chi connectivity index (χ1v) is 8.02. The van der Waals surface area contributed by atoms with Gasteiger partial charge in [0, 0.05) is 18.5 Å². The summed E-state index contributed by atoms with van der Waals surface area (Å²) in [5.41, 5.74) is 0. The van der Waals surface area contributed by atoms with Crippen LogP contribution < -0.4 is 4.72 Å². The van der Waals surface area contributed by atoms with Crippen molar-refractivity contribution in [2.45, 2.75) is 19.3 Å². The highest BCUT2D eigenvalue weighted by molar-refractivity contribution is 9.09. The minimum Gasteiger partial charge on any atom is -0.381 e. The van der Waals surface area contributed by atoms with E-state index in [1.807, 2.05) is 0 Å². The Labute approximate surface area is 99.9 Å². The summed E-state index contributed by atoms with van der Waals surface area (Å²) < 4.78 is 30.6. The van der Waals surface area contributed by atoms with E-state index in [9.17, 15) is 8.42 Å². The fraction of sp³-hybridized carbons (Fsp3) is 1.00. The van der Waals surface area contributed by atoms with Gasteiger partial charge in [0.2, 0.25) is 10.0 Å². The van der Waals surface area contributed by atoms with E-state index in [1.54, 1.807) is 0 Å². The molecule has 0 radical (unpaired) electrons. The van der Waals surface area contributed by atoms with E-state index in [2.05, 4.69) is 20.7 Å². The van der Waals surface area contributed by atoms with Crippen molar-refractivity contribution in [3.63, 3.8) is 0 Å². The fourth-order valence-corrected chi connectivity index (χ4v) is 2.97. The number of sulfonamides is 1. The third-order valence-electron chi connectivity index (χ3n) is 2.16. The molecule has 0 bridgehead atoms. The summed E-state index contributed by atoms with van der Waals surface area (Å²) in [5.74, 6) is 0.710. The number of rotatable bonds is 9. The van der Waals surface area contributed by atoms with Gasteiger partial charge < -0.3 is 4.74 Å². The van der Waals surface area contributed by atoms with Crippen LogP contribution in [0.25, 0.3) is 0 Å². The molecule has 0 aliphatic heterocycles. The zero-order valence-electron chi connectivity index (χ0n) is 8.75. The monoisotopic (exact) mass is 299 g/mol. The largest absolute Gasteiger partial charge is 0.381 e. The maximum atomic E-state index is 11.4.